The van der Waals surface area contributed by atoms with Crippen LogP contribution in [0.2, 0.25) is 0 Å². The van der Waals surface area contributed by atoms with E-state index >= 15 is 0 Å². The highest BCUT2D eigenvalue weighted by Crippen LogP contribution is 2.17. The van der Waals surface area contributed by atoms with E-state index in [-0.39, 0.29) is 5.91 Å². The molecular weight excluding hydrogens is 334 g/mol. The second-order valence-electron chi connectivity index (χ2n) is 7.72. The smallest absolute Gasteiger partial charge is 0.254 e. The highest BCUT2D eigenvalue weighted by atomic mass is 16.2. The van der Waals surface area contributed by atoms with Crippen molar-refractivity contribution in [3.8, 4) is 0 Å². The molecule has 27 heavy (non-hydrogen) atoms. The quantitative estimate of drug-likeness (QED) is 0.291. The van der Waals surface area contributed by atoms with E-state index in [4.69, 9.17) is 11.5 Å². The number of hydrogen-bond donors (Lipinski definition) is 2. The summed E-state index contributed by atoms with van der Waals surface area (Å²) >= 11 is 0. The molecule has 0 fully saturated rings. The Morgan fingerprint density at radius 1 is 0.704 bits per heavy atom. The van der Waals surface area contributed by atoms with Gasteiger partial charge in [0, 0.05) is 30.0 Å². The standard InChI is InChI=1S/C23H41N3O/c1-3-5-7-9-11-13-15-26(16-14-12-10-8-6-4-2)23(27)20-17-21(24)19-22(25)18-20/h17-19H,3-16,24-25H2,1-2H3. The molecule has 4 N–H and O–H groups in total. The van der Waals surface area contributed by atoms with Gasteiger partial charge in [-0.3, -0.25) is 4.79 Å². The summed E-state index contributed by atoms with van der Waals surface area (Å²) in [5.41, 5.74) is 13.5. The lowest BCUT2D eigenvalue weighted by Gasteiger charge is -2.23. The van der Waals surface area contributed by atoms with Crippen molar-refractivity contribution in [1.82, 2.24) is 4.90 Å². The van der Waals surface area contributed by atoms with Crippen LogP contribution in [0.15, 0.2) is 18.2 Å². The van der Waals surface area contributed by atoms with Gasteiger partial charge in [0.25, 0.3) is 5.91 Å². The first-order valence-electron chi connectivity index (χ1n) is 11.0. The molecule has 0 aliphatic carbocycles. The molecule has 0 bridgehead atoms. The van der Waals surface area contributed by atoms with Crippen molar-refractivity contribution in [2.24, 2.45) is 0 Å². The summed E-state index contributed by atoms with van der Waals surface area (Å²) in [5, 5.41) is 0. The average molecular weight is 376 g/mol. The predicted octanol–water partition coefficient (Wildman–Crippen LogP) is 6.01. The third-order valence-electron chi connectivity index (χ3n) is 5.08. The summed E-state index contributed by atoms with van der Waals surface area (Å²) in [6.45, 7) is 6.12. The molecule has 1 aromatic rings. The van der Waals surface area contributed by atoms with E-state index in [1.54, 1.807) is 18.2 Å². The number of nitrogen functional groups attached to an aromatic ring is 2. The van der Waals surface area contributed by atoms with Gasteiger partial charge < -0.3 is 16.4 Å². The molecule has 0 spiro atoms. The molecule has 0 saturated carbocycles. The fraction of sp³-hybridized carbons (Fsp3) is 0.696. The van der Waals surface area contributed by atoms with Crippen molar-refractivity contribution < 1.29 is 4.79 Å². The predicted molar refractivity (Wildman–Crippen MR) is 118 cm³/mol. The van der Waals surface area contributed by atoms with Crippen molar-refractivity contribution in [2.75, 3.05) is 24.6 Å². The number of unbranched alkanes of at least 4 members (excludes halogenated alkanes) is 10. The maximum atomic E-state index is 13.0. The molecule has 0 heterocycles. The molecule has 0 aliphatic heterocycles. The second kappa shape index (κ2) is 14.4. The van der Waals surface area contributed by atoms with Crippen LogP contribution in [0.5, 0.6) is 0 Å². The molecule has 1 rings (SSSR count). The Morgan fingerprint density at radius 2 is 1.11 bits per heavy atom. The van der Waals surface area contributed by atoms with Crippen LogP contribution in [-0.4, -0.2) is 23.9 Å². The maximum absolute atomic E-state index is 13.0. The van der Waals surface area contributed by atoms with Gasteiger partial charge in [0.05, 0.1) is 0 Å². The number of benzene rings is 1. The Hall–Kier alpha value is -1.71. The number of carbonyl (C=O) groups is 1. The summed E-state index contributed by atoms with van der Waals surface area (Å²) in [4.78, 5) is 15.0. The summed E-state index contributed by atoms with van der Waals surface area (Å²) in [6.07, 6.45) is 14.8. The fourth-order valence-electron chi connectivity index (χ4n) is 3.46. The summed E-state index contributed by atoms with van der Waals surface area (Å²) in [7, 11) is 0. The number of anilines is 2. The SMILES string of the molecule is CCCCCCCCN(CCCCCCCC)C(=O)c1cc(N)cc(N)c1. The lowest BCUT2D eigenvalue weighted by Crippen LogP contribution is -2.33. The molecule has 1 aromatic carbocycles. The molecule has 0 atom stereocenters. The first kappa shape index (κ1) is 23.3. The van der Waals surface area contributed by atoms with Gasteiger partial charge in [-0.05, 0) is 31.0 Å². The largest absolute Gasteiger partial charge is 0.399 e. The Kier molecular flexibility index (Phi) is 12.4. The van der Waals surface area contributed by atoms with E-state index in [1.807, 2.05) is 4.90 Å². The van der Waals surface area contributed by atoms with Gasteiger partial charge in [-0.1, -0.05) is 78.1 Å². The van der Waals surface area contributed by atoms with Gasteiger partial charge in [-0.2, -0.15) is 0 Å². The molecule has 0 saturated heterocycles. The zero-order chi connectivity index (χ0) is 19.9. The Balaban J connectivity index is 2.55. The normalized spacial score (nSPS) is 10.9. The van der Waals surface area contributed by atoms with Crippen molar-refractivity contribution in [2.45, 2.75) is 90.9 Å². The molecule has 0 aliphatic rings. The van der Waals surface area contributed by atoms with Gasteiger partial charge in [0.15, 0.2) is 0 Å². The minimum Gasteiger partial charge on any atom is -0.399 e. The number of nitrogens with zero attached hydrogens (tertiary/aromatic N) is 1. The third-order valence-corrected chi connectivity index (χ3v) is 5.08. The van der Waals surface area contributed by atoms with E-state index in [0.717, 1.165) is 25.9 Å². The second-order valence-corrected chi connectivity index (χ2v) is 7.72. The van der Waals surface area contributed by atoms with Gasteiger partial charge in [-0.15, -0.1) is 0 Å². The molecule has 1 amide bonds. The zero-order valence-electron chi connectivity index (χ0n) is 17.6. The monoisotopic (exact) mass is 375 g/mol. The van der Waals surface area contributed by atoms with E-state index in [2.05, 4.69) is 13.8 Å². The van der Waals surface area contributed by atoms with Crippen LogP contribution < -0.4 is 11.5 Å². The van der Waals surface area contributed by atoms with E-state index in [0.29, 0.717) is 16.9 Å². The lowest BCUT2D eigenvalue weighted by atomic mass is 10.1. The fourth-order valence-corrected chi connectivity index (χ4v) is 3.46. The Morgan fingerprint density at radius 3 is 1.56 bits per heavy atom. The average Bonchev–Trinajstić information content (AvgIpc) is 2.64. The van der Waals surface area contributed by atoms with Crippen LogP contribution in [0, 0.1) is 0 Å². The van der Waals surface area contributed by atoms with Crippen LogP contribution in [0.3, 0.4) is 0 Å². The Labute approximate surface area is 166 Å². The van der Waals surface area contributed by atoms with Crippen molar-refractivity contribution in [3.05, 3.63) is 23.8 Å². The topological polar surface area (TPSA) is 72.3 Å². The van der Waals surface area contributed by atoms with Crippen LogP contribution in [0.1, 0.15) is 101 Å². The highest BCUT2D eigenvalue weighted by molar-refractivity contribution is 5.96. The Bertz CT molecular complexity index is 494. The van der Waals surface area contributed by atoms with Crippen LogP contribution >= 0.6 is 0 Å². The number of hydrogen-bond acceptors (Lipinski definition) is 3. The van der Waals surface area contributed by atoms with Gasteiger partial charge >= 0.3 is 0 Å². The molecule has 0 radical (unpaired) electrons. The van der Waals surface area contributed by atoms with Crippen LogP contribution in [0.4, 0.5) is 11.4 Å². The summed E-state index contributed by atoms with van der Waals surface area (Å²) < 4.78 is 0. The maximum Gasteiger partial charge on any atom is 0.254 e. The van der Waals surface area contributed by atoms with Crippen LogP contribution in [0.25, 0.3) is 0 Å². The highest BCUT2D eigenvalue weighted by Gasteiger charge is 2.16. The van der Waals surface area contributed by atoms with Crippen molar-refractivity contribution in [3.63, 3.8) is 0 Å². The van der Waals surface area contributed by atoms with Gasteiger partial charge in [0.2, 0.25) is 0 Å². The third kappa shape index (κ3) is 10.3. The lowest BCUT2D eigenvalue weighted by molar-refractivity contribution is 0.0749. The molecule has 0 aromatic heterocycles. The molecule has 0 unspecified atom stereocenters. The number of nitrogens with two attached hydrogens (primary N) is 2. The molecule has 4 heteroatoms. The zero-order valence-corrected chi connectivity index (χ0v) is 17.6. The van der Waals surface area contributed by atoms with E-state index in [1.165, 1.54) is 64.2 Å². The number of rotatable bonds is 15. The van der Waals surface area contributed by atoms with Crippen molar-refractivity contribution >= 4 is 17.3 Å². The van der Waals surface area contributed by atoms with Crippen molar-refractivity contribution in [1.29, 1.82) is 0 Å². The molecular formula is C23H41N3O. The minimum absolute atomic E-state index is 0.0658. The number of carbonyl (C=O) groups excluding carboxylic acids is 1. The summed E-state index contributed by atoms with van der Waals surface area (Å²) in [6, 6.07) is 5.19. The van der Waals surface area contributed by atoms with E-state index < -0.39 is 0 Å². The number of amides is 1. The molecule has 4 nitrogen and oxygen atoms in total. The van der Waals surface area contributed by atoms with Gasteiger partial charge in [-0.25, -0.2) is 0 Å². The first-order chi connectivity index (χ1) is 13.1. The van der Waals surface area contributed by atoms with Crippen LogP contribution in [-0.2, 0) is 0 Å². The minimum atomic E-state index is 0.0658. The summed E-state index contributed by atoms with van der Waals surface area (Å²) in [5.74, 6) is 0.0658. The van der Waals surface area contributed by atoms with Gasteiger partial charge in [0.1, 0.15) is 0 Å². The first-order valence-corrected chi connectivity index (χ1v) is 11.0. The molecule has 154 valence electrons. The van der Waals surface area contributed by atoms with E-state index in [9.17, 15) is 4.79 Å².